The van der Waals surface area contributed by atoms with Crippen molar-refractivity contribution >= 4 is 5.69 Å². The van der Waals surface area contributed by atoms with E-state index in [-0.39, 0.29) is 12.0 Å². The molecule has 1 aromatic rings. The van der Waals surface area contributed by atoms with Crippen LogP contribution in [0.2, 0.25) is 0 Å². The molecule has 0 spiro atoms. The summed E-state index contributed by atoms with van der Waals surface area (Å²) in [7, 11) is 0. The van der Waals surface area contributed by atoms with E-state index in [0.29, 0.717) is 5.82 Å². The zero-order chi connectivity index (χ0) is 15.6. The molecule has 0 radical (unpaired) electrons. The van der Waals surface area contributed by atoms with Crippen LogP contribution in [0.4, 0.5) is 18.9 Å². The molecule has 1 aliphatic rings. The maximum Gasteiger partial charge on any atom is 0.416 e. The van der Waals surface area contributed by atoms with Crippen LogP contribution in [0, 0.1) is 5.92 Å². The fraction of sp³-hybridized carbons (Fsp3) is 0.467. The van der Waals surface area contributed by atoms with Crippen LogP contribution in [0.1, 0.15) is 19.4 Å². The number of alkyl halides is 3. The number of benzene rings is 1. The van der Waals surface area contributed by atoms with Crippen LogP contribution in [0.5, 0.6) is 0 Å². The summed E-state index contributed by atoms with van der Waals surface area (Å²) in [6.07, 6.45) is -2.34. The van der Waals surface area contributed by atoms with Gasteiger partial charge in [-0.3, -0.25) is 0 Å². The van der Waals surface area contributed by atoms with Crippen LogP contribution >= 0.6 is 0 Å². The molecule has 116 valence electrons. The first-order valence-electron chi connectivity index (χ1n) is 6.92. The first kappa shape index (κ1) is 15.5. The molecular weight excluding hydrogens is 279 g/mol. The minimum atomic E-state index is -4.30. The third kappa shape index (κ3) is 3.83. The maximum atomic E-state index is 12.6. The van der Waals surface area contributed by atoms with Crippen LogP contribution < -0.4 is 16.0 Å². The Balaban J connectivity index is 2.15. The van der Waals surface area contributed by atoms with Gasteiger partial charge in [-0.05, 0) is 44.2 Å². The lowest BCUT2D eigenvalue weighted by Crippen LogP contribution is -2.36. The van der Waals surface area contributed by atoms with Crippen molar-refractivity contribution in [3.05, 3.63) is 41.7 Å². The third-order valence-electron chi connectivity index (χ3n) is 3.56. The van der Waals surface area contributed by atoms with E-state index in [4.69, 9.17) is 5.73 Å². The molecule has 1 heterocycles. The molecule has 3 N–H and O–H groups in total. The molecule has 2 rings (SSSR count). The third-order valence-corrected chi connectivity index (χ3v) is 3.56. The molecule has 0 amide bonds. The smallest absolute Gasteiger partial charge is 0.386 e. The highest BCUT2D eigenvalue weighted by Crippen LogP contribution is 2.31. The van der Waals surface area contributed by atoms with Gasteiger partial charge in [0.1, 0.15) is 0 Å². The number of rotatable bonds is 4. The van der Waals surface area contributed by atoms with Gasteiger partial charge in [0, 0.05) is 30.7 Å². The molecule has 0 saturated carbocycles. The van der Waals surface area contributed by atoms with Crippen LogP contribution in [0.3, 0.4) is 0 Å². The number of halogens is 3. The number of anilines is 1. The predicted octanol–water partition coefficient (Wildman–Crippen LogP) is 2.94. The lowest BCUT2D eigenvalue weighted by Gasteiger charge is -2.31. The van der Waals surface area contributed by atoms with Crippen LogP contribution in [0.25, 0.3) is 0 Å². The summed E-state index contributed by atoms with van der Waals surface area (Å²) < 4.78 is 37.8. The molecule has 0 unspecified atom stereocenters. The number of nitrogens with one attached hydrogen (secondary N) is 1. The van der Waals surface area contributed by atoms with Crippen molar-refractivity contribution in [2.24, 2.45) is 11.7 Å². The summed E-state index contributed by atoms with van der Waals surface area (Å²) in [6.45, 7) is 5.52. The zero-order valence-electron chi connectivity index (χ0n) is 12.1. The van der Waals surface area contributed by atoms with Gasteiger partial charge in [-0.1, -0.05) is 0 Å². The highest BCUT2D eigenvalue weighted by molar-refractivity contribution is 5.49. The molecule has 1 aliphatic heterocycles. The van der Waals surface area contributed by atoms with Gasteiger partial charge in [-0.2, -0.15) is 13.2 Å². The monoisotopic (exact) mass is 299 g/mol. The SMILES string of the molecule is CC(C)N(C[C@H]1C=C(N)NC1)c1ccc(C(F)(F)F)cc1. The molecule has 1 aromatic carbocycles. The Morgan fingerprint density at radius 3 is 2.33 bits per heavy atom. The van der Waals surface area contributed by atoms with E-state index in [1.807, 2.05) is 19.9 Å². The lowest BCUT2D eigenvalue weighted by atomic mass is 10.1. The Hall–Kier alpha value is -1.85. The van der Waals surface area contributed by atoms with Crippen molar-refractivity contribution in [1.82, 2.24) is 5.32 Å². The lowest BCUT2D eigenvalue weighted by molar-refractivity contribution is -0.137. The molecule has 0 aromatic heterocycles. The first-order chi connectivity index (χ1) is 9.77. The van der Waals surface area contributed by atoms with E-state index in [0.717, 1.165) is 30.9 Å². The first-order valence-corrected chi connectivity index (χ1v) is 6.92. The van der Waals surface area contributed by atoms with E-state index in [2.05, 4.69) is 10.2 Å². The number of hydrogen-bond acceptors (Lipinski definition) is 3. The van der Waals surface area contributed by atoms with Crippen molar-refractivity contribution in [2.45, 2.75) is 26.1 Å². The minimum Gasteiger partial charge on any atom is -0.386 e. The summed E-state index contributed by atoms with van der Waals surface area (Å²) in [4.78, 5) is 2.08. The van der Waals surface area contributed by atoms with E-state index in [1.54, 1.807) is 0 Å². The van der Waals surface area contributed by atoms with E-state index < -0.39 is 11.7 Å². The van der Waals surface area contributed by atoms with Gasteiger partial charge in [-0.25, -0.2) is 0 Å². The van der Waals surface area contributed by atoms with Gasteiger partial charge in [0.15, 0.2) is 0 Å². The Morgan fingerprint density at radius 2 is 1.90 bits per heavy atom. The van der Waals surface area contributed by atoms with Crippen molar-refractivity contribution in [2.75, 3.05) is 18.0 Å². The molecular formula is C15H20F3N3. The highest BCUT2D eigenvalue weighted by Gasteiger charge is 2.30. The van der Waals surface area contributed by atoms with E-state index in [9.17, 15) is 13.2 Å². The van der Waals surface area contributed by atoms with Gasteiger partial charge in [-0.15, -0.1) is 0 Å². The minimum absolute atomic E-state index is 0.192. The van der Waals surface area contributed by atoms with Gasteiger partial charge in [0.05, 0.1) is 11.4 Å². The van der Waals surface area contributed by atoms with Gasteiger partial charge in [0.2, 0.25) is 0 Å². The second-order valence-corrected chi connectivity index (χ2v) is 5.55. The van der Waals surface area contributed by atoms with Crippen LogP contribution in [-0.4, -0.2) is 19.1 Å². The highest BCUT2D eigenvalue weighted by atomic mass is 19.4. The summed E-state index contributed by atoms with van der Waals surface area (Å²) >= 11 is 0. The average molecular weight is 299 g/mol. The van der Waals surface area contributed by atoms with Crippen LogP contribution in [-0.2, 0) is 6.18 Å². The Morgan fingerprint density at radius 1 is 1.29 bits per heavy atom. The molecule has 1 atom stereocenters. The Bertz CT molecular complexity index is 506. The van der Waals surface area contributed by atoms with Crippen molar-refractivity contribution in [3.8, 4) is 0 Å². The van der Waals surface area contributed by atoms with Gasteiger partial charge >= 0.3 is 6.18 Å². The fourth-order valence-corrected chi connectivity index (χ4v) is 2.45. The molecule has 0 aliphatic carbocycles. The molecule has 0 saturated heterocycles. The van der Waals surface area contributed by atoms with Crippen molar-refractivity contribution < 1.29 is 13.2 Å². The Labute approximate surface area is 122 Å². The maximum absolute atomic E-state index is 12.6. The molecule has 0 bridgehead atoms. The van der Waals surface area contributed by atoms with E-state index in [1.165, 1.54) is 12.1 Å². The van der Waals surface area contributed by atoms with Crippen molar-refractivity contribution in [3.63, 3.8) is 0 Å². The quantitative estimate of drug-likeness (QED) is 0.898. The molecule has 3 nitrogen and oxygen atoms in total. The predicted molar refractivity (Wildman–Crippen MR) is 77.7 cm³/mol. The summed E-state index contributed by atoms with van der Waals surface area (Å²) in [5.74, 6) is 0.922. The molecule has 0 fully saturated rings. The van der Waals surface area contributed by atoms with Crippen LogP contribution in [0.15, 0.2) is 36.2 Å². The summed E-state index contributed by atoms with van der Waals surface area (Å²) in [6, 6.07) is 5.50. The second kappa shape index (κ2) is 5.87. The average Bonchev–Trinajstić information content (AvgIpc) is 2.80. The van der Waals surface area contributed by atoms with Crippen molar-refractivity contribution in [1.29, 1.82) is 0 Å². The van der Waals surface area contributed by atoms with E-state index >= 15 is 0 Å². The standard InChI is InChI=1S/C15H20F3N3/c1-10(2)21(9-11-7-14(19)20-8-11)13-5-3-12(4-6-13)15(16,17)18/h3-7,10-11,20H,8-9,19H2,1-2H3/t11-/m0/s1. The summed E-state index contributed by atoms with van der Waals surface area (Å²) in [5.41, 5.74) is 5.86. The second-order valence-electron chi connectivity index (χ2n) is 5.55. The number of hydrogen-bond donors (Lipinski definition) is 2. The Kier molecular flexibility index (Phi) is 4.34. The summed E-state index contributed by atoms with van der Waals surface area (Å²) in [5, 5.41) is 3.06. The van der Waals surface area contributed by atoms with Gasteiger partial charge in [0.25, 0.3) is 0 Å². The number of nitrogens with two attached hydrogens (primary N) is 1. The topological polar surface area (TPSA) is 41.3 Å². The molecule has 6 heteroatoms. The fourth-order valence-electron chi connectivity index (χ4n) is 2.45. The normalized spacial score (nSPS) is 18.6. The largest absolute Gasteiger partial charge is 0.416 e. The zero-order valence-corrected chi connectivity index (χ0v) is 12.1. The van der Waals surface area contributed by atoms with Gasteiger partial charge < -0.3 is 16.0 Å². The number of nitrogens with zero attached hydrogens (tertiary/aromatic N) is 1. The molecule has 21 heavy (non-hydrogen) atoms.